The van der Waals surface area contributed by atoms with Crippen LogP contribution >= 0.6 is 0 Å². The smallest absolute Gasteiger partial charge is 0.330 e. The van der Waals surface area contributed by atoms with E-state index in [-0.39, 0.29) is 5.56 Å². The molecule has 0 bridgehead atoms. The average Bonchev–Trinajstić information content (AvgIpc) is 3.47. The van der Waals surface area contributed by atoms with Crippen molar-refractivity contribution in [3.05, 3.63) is 58.8 Å². The summed E-state index contributed by atoms with van der Waals surface area (Å²) in [5.41, 5.74) is 2.21. The highest BCUT2D eigenvalue weighted by Gasteiger charge is 2.39. The number of carbonyl (C=O) groups excluding carboxylic acids is 1. The number of piperidine rings is 1. The van der Waals surface area contributed by atoms with Crippen LogP contribution in [0.1, 0.15) is 89.8 Å². The molecule has 1 saturated heterocycles. The van der Waals surface area contributed by atoms with Gasteiger partial charge in [-0.05, 0) is 50.7 Å². The molecule has 4 heterocycles. The van der Waals surface area contributed by atoms with Gasteiger partial charge < -0.3 is 4.90 Å². The first-order valence-electron chi connectivity index (χ1n) is 11.5. The second-order valence-electron chi connectivity index (χ2n) is 9.09. The fraction of sp³-hybridized carbons (Fsp3) is 0.500. The van der Waals surface area contributed by atoms with Gasteiger partial charge in [-0.3, -0.25) is 9.78 Å². The summed E-state index contributed by atoms with van der Waals surface area (Å²) in [7, 11) is 0. The highest BCUT2D eigenvalue weighted by atomic mass is 19.4. The molecule has 1 atom stereocenters. The first kappa shape index (κ1) is 21.9. The molecule has 0 radical (unpaired) electrons. The van der Waals surface area contributed by atoms with Crippen LogP contribution in [0.15, 0.2) is 30.7 Å². The molecule has 1 amide bonds. The monoisotopic (exact) mass is 457 g/mol. The minimum absolute atomic E-state index is 0.370. The molecule has 3 aromatic rings. The Bertz CT molecular complexity index is 1180. The topological polar surface area (TPSA) is 63.4 Å². The van der Waals surface area contributed by atoms with Crippen molar-refractivity contribution < 1.29 is 18.0 Å². The largest absolute Gasteiger partial charge is 0.418 e. The Hall–Kier alpha value is -2.97. The van der Waals surface area contributed by atoms with Gasteiger partial charge in [0.15, 0.2) is 5.65 Å². The molecule has 3 aromatic heterocycles. The van der Waals surface area contributed by atoms with E-state index >= 15 is 0 Å². The van der Waals surface area contributed by atoms with Gasteiger partial charge in [0.1, 0.15) is 0 Å². The van der Waals surface area contributed by atoms with Gasteiger partial charge in [0.25, 0.3) is 5.91 Å². The van der Waals surface area contributed by atoms with E-state index in [1.54, 1.807) is 4.52 Å². The standard InChI is InChI=1S/C24H26F3N5O/c1-15-14-32-21(29-22(15)16-6-2-3-7-16)12-19(30-32)20-8-4-5-11-31(20)23(33)17-9-10-28-13-18(17)24(25,26)27/h9-10,12-14,16,20H,2-8,11H2,1H3. The van der Waals surface area contributed by atoms with Crippen LogP contribution in [0.3, 0.4) is 0 Å². The number of carbonyl (C=O) groups is 1. The summed E-state index contributed by atoms with van der Waals surface area (Å²) in [6, 6.07) is 2.64. The van der Waals surface area contributed by atoms with Crippen LogP contribution in [0.5, 0.6) is 0 Å². The number of halogens is 3. The summed E-state index contributed by atoms with van der Waals surface area (Å²) in [4.78, 5) is 23.3. The number of nitrogens with zero attached hydrogens (tertiary/aromatic N) is 5. The second-order valence-corrected chi connectivity index (χ2v) is 9.09. The molecule has 2 fully saturated rings. The molecule has 1 unspecified atom stereocenters. The average molecular weight is 458 g/mol. The lowest BCUT2D eigenvalue weighted by Crippen LogP contribution is -2.39. The van der Waals surface area contributed by atoms with Gasteiger partial charge in [0.05, 0.1) is 28.6 Å². The van der Waals surface area contributed by atoms with Crippen molar-refractivity contribution in [3.63, 3.8) is 0 Å². The maximum absolute atomic E-state index is 13.5. The molecule has 5 rings (SSSR count). The van der Waals surface area contributed by atoms with Crippen LogP contribution in [0, 0.1) is 6.92 Å². The van der Waals surface area contributed by atoms with Gasteiger partial charge in [-0.15, -0.1) is 0 Å². The van der Waals surface area contributed by atoms with Crippen molar-refractivity contribution in [2.75, 3.05) is 6.54 Å². The summed E-state index contributed by atoms with van der Waals surface area (Å²) >= 11 is 0. The van der Waals surface area contributed by atoms with Gasteiger partial charge in [0, 0.05) is 37.1 Å². The number of hydrogen-bond acceptors (Lipinski definition) is 4. The molecule has 6 nitrogen and oxygen atoms in total. The Balaban J connectivity index is 1.50. The van der Waals surface area contributed by atoms with E-state index in [0.29, 0.717) is 30.8 Å². The number of aryl methyl sites for hydroxylation is 1. The molecule has 174 valence electrons. The number of alkyl halides is 3. The van der Waals surface area contributed by atoms with Crippen molar-refractivity contribution in [3.8, 4) is 0 Å². The molecule has 9 heteroatoms. The molecule has 33 heavy (non-hydrogen) atoms. The third-order valence-electron chi connectivity index (χ3n) is 6.89. The van der Waals surface area contributed by atoms with Crippen LogP contribution in [0.2, 0.25) is 0 Å². The zero-order valence-corrected chi connectivity index (χ0v) is 18.5. The molecule has 0 aromatic carbocycles. The SMILES string of the molecule is Cc1cn2nc(C3CCCCN3C(=O)c3ccncc3C(F)(F)F)cc2nc1C1CCCC1. The third-order valence-corrected chi connectivity index (χ3v) is 6.89. The van der Waals surface area contributed by atoms with Gasteiger partial charge in [-0.25, -0.2) is 9.50 Å². The Labute approximate surface area is 189 Å². The molecular weight excluding hydrogens is 431 g/mol. The first-order valence-corrected chi connectivity index (χ1v) is 11.5. The maximum Gasteiger partial charge on any atom is 0.418 e. The number of likely N-dealkylation sites (tertiary alicyclic amines) is 1. The highest BCUT2D eigenvalue weighted by Crippen LogP contribution is 2.37. The van der Waals surface area contributed by atoms with Crippen molar-refractivity contribution in [2.24, 2.45) is 0 Å². The number of pyridine rings is 1. The predicted octanol–water partition coefficient (Wildman–Crippen LogP) is 5.48. The minimum atomic E-state index is -4.65. The number of amides is 1. The summed E-state index contributed by atoms with van der Waals surface area (Å²) in [5.74, 6) is -0.171. The third kappa shape index (κ3) is 4.09. The molecule has 0 N–H and O–H groups in total. The minimum Gasteiger partial charge on any atom is -0.330 e. The number of hydrogen-bond donors (Lipinski definition) is 0. The van der Waals surface area contributed by atoms with Gasteiger partial charge in [0.2, 0.25) is 0 Å². The van der Waals surface area contributed by atoms with E-state index in [0.717, 1.165) is 48.7 Å². The Morgan fingerprint density at radius 3 is 2.64 bits per heavy atom. The molecular formula is C24H26F3N5O. The van der Waals surface area contributed by atoms with E-state index in [1.807, 2.05) is 19.2 Å². The Morgan fingerprint density at radius 2 is 1.88 bits per heavy atom. The Kier molecular flexibility index (Phi) is 5.58. The number of rotatable bonds is 3. The van der Waals surface area contributed by atoms with Crippen molar-refractivity contribution in [1.82, 2.24) is 24.5 Å². The highest BCUT2D eigenvalue weighted by molar-refractivity contribution is 5.96. The fourth-order valence-electron chi connectivity index (χ4n) is 5.26. The number of fused-ring (bicyclic) bond motifs is 1. The molecule has 1 aliphatic heterocycles. The van der Waals surface area contributed by atoms with Crippen LogP contribution in [0.25, 0.3) is 5.65 Å². The molecule has 0 spiro atoms. The summed E-state index contributed by atoms with van der Waals surface area (Å²) < 4.78 is 42.2. The van der Waals surface area contributed by atoms with Crippen molar-refractivity contribution in [2.45, 2.75) is 70.0 Å². The second kappa shape index (κ2) is 8.43. The molecule has 2 aliphatic rings. The van der Waals surface area contributed by atoms with E-state index in [2.05, 4.69) is 10.1 Å². The predicted molar refractivity (Wildman–Crippen MR) is 116 cm³/mol. The number of aromatic nitrogens is 4. The Morgan fingerprint density at radius 1 is 1.12 bits per heavy atom. The lowest BCUT2D eigenvalue weighted by molar-refractivity contribution is -0.138. The summed E-state index contributed by atoms with van der Waals surface area (Å²) in [6.07, 6.45) is 6.26. The first-order chi connectivity index (χ1) is 15.8. The lowest BCUT2D eigenvalue weighted by Gasteiger charge is -2.35. The van der Waals surface area contributed by atoms with E-state index in [9.17, 15) is 18.0 Å². The normalized spacial score (nSPS) is 20.0. The van der Waals surface area contributed by atoms with Gasteiger partial charge >= 0.3 is 6.18 Å². The van der Waals surface area contributed by atoms with Crippen LogP contribution in [-0.2, 0) is 6.18 Å². The zero-order chi connectivity index (χ0) is 23.2. The van der Waals surface area contributed by atoms with Crippen LogP contribution in [0.4, 0.5) is 13.2 Å². The van der Waals surface area contributed by atoms with E-state index < -0.39 is 23.7 Å². The van der Waals surface area contributed by atoms with E-state index in [4.69, 9.17) is 4.98 Å². The van der Waals surface area contributed by atoms with Crippen LogP contribution < -0.4 is 0 Å². The van der Waals surface area contributed by atoms with Crippen LogP contribution in [-0.4, -0.2) is 36.9 Å². The lowest BCUT2D eigenvalue weighted by atomic mass is 9.97. The fourth-order valence-corrected chi connectivity index (χ4v) is 5.26. The maximum atomic E-state index is 13.5. The van der Waals surface area contributed by atoms with Gasteiger partial charge in [-0.1, -0.05) is 12.8 Å². The summed E-state index contributed by atoms with van der Waals surface area (Å²) in [6.45, 7) is 2.43. The van der Waals surface area contributed by atoms with Crippen molar-refractivity contribution in [1.29, 1.82) is 0 Å². The van der Waals surface area contributed by atoms with E-state index in [1.165, 1.54) is 23.9 Å². The molecule has 1 saturated carbocycles. The zero-order valence-electron chi connectivity index (χ0n) is 18.5. The molecule has 1 aliphatic carbocycles. The summed E-state index contributed by atoms with van der Waals surface area (Å²) in [5, 5.41) is 4.69. The quantitative estimate of drug-likeness (QED) is 0.523. The van der Waals surface area contributed by atoms with Crippen molar-refractivity contribution >= 4 is 11.6 Å². The van der Waals surface area contributed by atoms with Gasteiger partial charge in [-0.2, -0.15) is 18.3 Å².